The van der Waals surface area contributed by atoms with Crippen molar-refractivity contribution >= 4 is 17.9 Å². The molecular formula is C31H37NO9. The van der Waals surface area contributed by atoms with E-state index in [4.69, 9.17) is 23.7 Å². The molecule has 3 aliphatic rings. The largest absolute Gasteiger partial charge is 0.496 e. The summed E-state index contributed by atoms with van der Waals surface area (Å²) >= 11 is 0. The van der Waals surface area contributed by atoms with Crippen LogP contribution in [0.4, 0.5) is 0 Å². The first kappa shape index (κ1) is 28.9. The van der Waals surface area contributed by atoms with E-state index in [2.05, 4.69) is 6.07 Å². The lowest BCUT2D eigenvalue weighted by Crippen LogP contribution is -2.72. The lowest BCUT2D eigenvalue weighted by molar-refractivity contribution is -0.352. The highest BCUT2D eigenvalue weighted by Gasteiger charge is 2.69. The molecule has 0 saturated carbocycles. The summed E-state index contributed by atoms with van der Waals surface area (Å²) in [5.41, 5.74) is -1.70. The zero-order valence-corrected chi connectivity index (χ0v) is 23.6. The summed E-state index contributed by atoms with van der Waals surface area (Å²) < 4.78 is 29.1. The van der Waals surface area contributed by atoms with Crippen LogP contribution < -0.4 is 9.47 Å². The molecule has 220 valence electrons. The average Bonchev–Trinajstić information content (AvgIpc) is 3.00. The topological polar surface area (TPSA) is 121 Å². The van der Waals surface area contributed by atoms with E-state index in [1.165, 1.54) is 5.56 Å². The van der Waals surface area contributed by atoms with Crippen LogP contribution in [0.15, 0.2) is 48.5 Å². The van der Waals surface area contributed by atoms with Crippen LogP contribution in [-0.2, 0) is 41.4 Å². The molecule has 2 aromatic rings. The van der Waals surface area contributed by atoms with E-state index in [1.807, 2.05) is 42.5 Å². The number of aryl methyl sites for hydroxylation is 2. The van der Waals surface area contributed by atoms with Gasteiger partial charge in [-0.1, -0.05) is 36.4 Å². The van der Waals surface area contributed by atoms with Crippen molar-refractivity contribution in [3.63, 3.8) is 0 Å². The monoisotopic (exact) mass is 567 g/mol. The van der Waals surface area contributed by atoms with E-state index < -0.39 is 47.9 Å². The van der Waals surface area contributed by atoms with Crippen molar-refractivity contribution in [3.05, 3.63) is 59.7 Å². The van der Waals surface area contributed by atoms with Gasteiger partial charge in [-0.05, 0) is 62.4 Å². The number of hydrogen-bond acceptors (Lipinski definition) is 10. The van der Waals surface area contributed by atoms with E-state index in [1.54, 1.807) is 19.1 Å². The molecule has 10 nitrogen and oxygen atoms in total. The molecule has 0 aromatic heterocycles. The maximum atomic E-state index is 13.0. The first-order valence-electron chi connectivity index (χ1n) is 14.1. The van der Waals surface area contributed by atoms with Crippen molar-refractivity contribution < 1.29 is 43.2 Å². The fraction of sp³-hybridized carbons (Fsp3) is 0.516. The summed E-state index contributed by atoms with van der Waals surface area (Å²) in [5.74, 6) is -2.98. The SMILES string of the molecule is COc1ccccc1CCCCc1ccccc1OCCC12OC(=O)CC3(O)CC(=O)OC1(CCCN2C)OC3=O. The summed E-state index contributed by atoms with van der Waals surface area (Å²) in [4.78, 5) is 40.5. The Labute approximate surface area is 239 Å². The van der Waals surface area contributed by atoms with Crippen LogP contribution in [0.2, 0.25) is 0 Å². The predicted molar refractivity (Wildman–Crippen MR) is 146 cm³/mol. The molecule has 2 aromatic carbocycles. The predicted octanol–water partition coefficient (Wildman–Crippen LogP) is 3.32. The number of carbonyl (C=O) groups is 3. The number of nitrogens with zero attached hydrogens (tertiary/aromatic N) is 1. The second-order valence-corrected chi connectivity index (χ2v) is 11.0. The highest BCUT2D eigenvalue weighted by molar-refractivity contribution is 5.92. The molecule has 1 spiro atoms. The Balaban J connectivity index is 1.29. The molecule has 0 radical (unpaired) electrons. The number of piperidine rings is 1. The van der Waals surface area contributed by atoms with E-state index in [9.17, 15) is 19.5 Å². The van der Waals surface area contributed by atoms with Crippen molar-refractivity contribution in [2.75, 3.05) is 27.3 Å². The first-order chi connectivity index (χ1) is 19.7. The fourth-order valence-electron chi connectivity index (χ4n) is 6.15. The average molecular weight is 568 g/mol. The highest BCUT2D eigenvalue weighted by Crippen LogP contribution is 2.48. The van der Waals surface area contributed by atoms with Crippen LogP contribution in [0.1, 0.15) is 56.1 Å². The summed E-state index contributed by atoms with van der Waals surface area (Å²) in [6.07, 6.45) is 2.97. The molecule has 3 heterocycles. The molecule has 3 saturated heterocycles. The number of methoxy groups -OCH3 is 1. The number of aliphatic hydroxyl groups is 1. The Hall–Kier alpha value is -3.63. The van der Waals surface area contributed by atoms with E-state index in [0.717, 1.165) is 37.0 Å². The first-order valence-corrected chi connectivity index (χ1v) is 14.1. The number of likely N-dealkylation sites (N-methyl/N-ethyl adjacent to an activating group) is 1. The third kappa shape index (κ3) is 5.63. The van der Waals surface area contributed by atoms with Gasteiger partial charge < -0.3 is 28.8 Å². The zero-order valence-electron chi connectivity index (χ0n) is 23.6. The number of benzene rings is 2. The lowest BCUT2D eigenvalue weighted by Gasteiger charge is -2.54. The van der Waals surface area contributed by atoms with E-state index >= 15 is 0 Å². The number of rotatable bonds is 10. The van der Waals surface area contributed by atoms with Gasteiger partial charge in [-0.15, -0.1) is 0 Å². The van der Waals surface area contributed by atoms with Crippen molar-refractivity contribution in [1.82, 2.24) is 4.90 Å². The zero-order chi connectivity index (χ0) is 29.1. The van der Waals surface area contributed by atoms with Crippen LogP contribution in [0, 0.1) is 0 Å². The van der Waals surface area contributed by atoms with Crippen molar-refractivity contribution in [3.8, 4) is 11.5 Å². The van der Waals surface area contributed by atoms with E-state index in [0.29, 0.717) is 18.7 Å². The Morgan fingerprint density at radius 3 is 2.17 bits per heavy atom. The molecule has 3 unspecified atom stereocenters. The molecule has 0 amide bonds. The summed E-state index contributed by atoms with van der Waals surface area (Å²) in [6, 6.07) is 15.8. The van der Waals surface area contributed by atoms with Gasteiger partial charge in [0.05, 0.1) is 26.6 Å². The molecule has 5 rings (SSSR count). The molecule has 3 fully saturated rings. The second kappa shape index (κ2) is 11.7. The highest BCUT2D eigenvalue weighted by atomic mass is 16.8. The molecule has 10 heteroatoms. The van der Waals surface area contributed by atoms with Crippen LogP contribution in [0.3, 0.4) is 0 Å². The number of esters is 3. The second-order valence-electron chi connectivity index (χ2n) is 11.0. The quantitative estimate of drug-likeness (QED) is 0.338. The van der Waals surface area contributed by atoms with Crippen molar-refractivity contribution in [2.24, 2.45) is 0 Å². The van der Waals surface area contributed by atoms with Gasteiger partial charge in [0.15, 0.2) is 5.60 Å². The third-order valence-electron chi connectivity index (χ3n) is 8.29. The fourth-order valence-corrected chi connectivity index (χ4v) is 6.15. The van der Waals surface area contributed by atoms with Gasteiger partial charge in [0, 0.05) is 19.4 Å². The minimum atomic E-state index is -2.32. The number of para-hydroxylation sites is 2. The maximum absolute atomic E-state index is 13.0. The molecule has 41 heavy (non-hydrogen) atoms. The molecule has 3 atom stereocenters. The molecule has 1 N–H and O–H groups in total. The summed E-state index contributed by atoms with van der Waals surface area (Å²) in [7, 11) is 3.41. The van der Waals surface area contributed by atoms with Gasteiger partial charge in [0.25, 0.3) is 0 Å². The molecule has 0 aliphatic carbocycles. The van der Waals surface area contributed by atoms with E-state index in [-0.39, 0.29) is 19.4 Å². The minimum Gasteiger partial charge on any atom is -0.496 e. The van der Waals surface area contributed by atoms with Gasteiger partial charge in [-0.2, -0.15) is 0 Å². The van der Waals surface area contributed by atoms with Gasteiger partial charge in [-0.3, -0.25) is 14.5 Å². The summed E-state index contributed by atoms with van der Waals surface area (Å²) in [6.45, 7) is 0.605. The third-order valence-corrected chi connectivity index (χ3v) is 8.29. The van der Waals surface area contributed by atoms with Gasteiger partial charge in [0.1, 0.15) is 11.5 Å². The number of hydrogen-bond donors (Lipinski definition) is 1. The van der Waals surface area contributed by atoms with Crippen LogP contribution in [0.5, 0.6) is 11.5 Å². The normalized spacial score (nSPS) is 27.9. The van der Waals surface area contributed by atoms with Crippen LogP contribution >= 0.6 is 0 Å². The Morgan fingerprint density at radius 1 is 0.878 bits per heavy atom. The smallest absolute Gasteiger partial charge is 0.342 e. The molecule has 2 bridgehead atoms. The van der Waals surface area contributed by atoms with Crippen molar-refractivity contribution in [2.45, 2.75) is 74.9 Å². The summed E-state index contributed by atoms with van der Waals surface area (Å²) in [5, 5.41) is 10.8. The number of fused-ring (bicyclic) bond motifs is 2. The number of likely N-dealkylation sites (tertiary alicyclic amines) is 1. The Bertz CT molecular complexity index is 1300. The molecular weight excluding hydrogens is 530 g/mol. The standard InChI is InChI=1S/C31H37NO9/c1-32-18-9-16-31-30(32,39-26(33)20-29(36,28(35)41-31)21-27(34)40-31)17-19-38-25-15-8-6-13-23(25)12-4-3-10-22-11-5-7-14-24(22)37-2/h5-8,11,13-15,36H,3-4,9-10,12,16-21H2,1-2H3. The van der Waals surface area contributed by atoms with Gasteiger partial charge in [-0.25, -0.2) is 4.79 Å². The number of unbranched alkanes of at least 4 members (excludes halogenated alkanes) is 1. The number of ether oxygens (including phenoxy) is 5. The Kier molecular flexibility index (Phi) is 8.24. The minimum absolute atomic E-state index is 0.0658. The molecule has 3 aliphatic heterocycles. The van der Waals surface area contributed by atoms with Crippen LogP contribution in [-0.4, -0.2) is 72.3 Å². The van der Waals surface area contributed by atoms with Gasteiger partial charge in [0.2, 0.25) is 5.72 Å². The van der Waals surface area contributed by atoms with Crippen molar-refractivity contribution in [1.29, 1.82) is 0 Å². The Morgan fingerprint density at radius 2 is 1.49 bits per heavy atom. The van der Waals surface area contributed by atoms with Gasteiger partial charge >= 0.3 is 23.7 Å². The maximum Gasteiger partial charge on any atom is 0.342 e. The lowest BCUT2D eigenvalue weighted by atomic mass is 9.87. The van der Waals surface area contributed by atoms with Crippen LogP contribution in [0.25, 0.3) is 0 Å². The number of carbonyl (C=O) groups excluding carboxylic acids is 3.